The Bertz CT molecular complexity index is 918. The lowest BCUT2D eigenvalue weighted by Gasteiger charge is -2.27. The molecule has 2 heterocycles. The zero-order valence-electron chi connectivity index (χ0n) is 14.8. The maximum atomic E-state index is 12.7. The number of nitrogen functional groups attached to an aromatic ring is 1. The van der Waals surface area contributed by atoms with Crippen LogP contribution in [0.2, 0.25) is 0 Å². The first-order valence-electron chi connectivity index (χ1n) is 8.87. The van der Waals surface area contributed by atoms with Crippen molar-refractivity contribution in [3.05, 3.63) is 60.7 Å². The van der Waals surface area contributed by atoms with Crippen molar-refractivity contribution in [2.75, 3.05) is 37.4 Å². The number of hydrogen-bond donors (Lipinski definition) is 2. The van der Waals surface area contributed by atoms with Crippen molar-refractivity contribution in [1.29, 1.82) is 0 Å². The van der Waals surface area contributed by atoms with E-state index in [1.165, 1.54) is 0 Å². The van der Waals surface area contributed by atoms with Crippen LogP contribution in [0.1, 0.15) is 0 Å². The van der Waals surface area contributed by atoms with Gasteiger partial charge in [0.05, 0.1) is 18.9 Å². The van der Waals surface area contributed by atoms with Crippen molar-refractivity contribution in [1.82, 2.24) is 14.7 Å². The zero-order chi connectivity index (χ0) is 18.6. The van der Waals surface area contributed by atoms with Gasteiger partial charge in [0.1, 0.15) is 11.4 Å². The molecule has 1 fully saturated rings. The molecule has 138 valence electrons. The highest BCUT2D eigenvalue weighted by Crippen LogP contribution is 2.34. The minimum absolute atomic E-state index is 0.199. The van der Waals surface area contributed by atoms with E-state index in [1.807, 2.05) is 60.7 Å². The van der Waals surface area contributed by atoms with Gasteiger partial charge in [-0.05, 0) is 12.1 Å². The van der Waals surface area contributed by atoms with Crippen LogP contribution < -0.4 is 11.1 Å². The maximum Gasteiger partial charge on any atom is 0.322 e. The van der Waals surface area contributed by atoms with Gasteiger partial charge in [0.2, 0.25) is 0 Å². The number of nitrogens with two attached hydrogens (primary N) is 1. The lowest BCUT2D eigenvalue weighted by atomic mass is 10.1. The Morgan fingerprint density at radius 1 is 1.00 bits per heavy atom. The first-order valence-corrected chi connectivity index (χ1v) is 8.87. The second kappa shape index (κ2) is 7.51. The average molecular weight is 363 g/mol. The molecule has 2 amide bonds. The fourth-order valence-electron chi connectivity index (χ4n) is 3.07. The number of urea groups is 1. The van der Waals surface area contributed by atoms with E-state index < -0.39 is 0 Å². The third kappa shape index (κ3) is 3.50. The van der Waals surface area contributed by atoms with Gasteiger partial charge in [0.15, 0.2) is 5.82 Å². The van der Waals surface area contributed by atoms with E-state index in [-0.39, 0.29) is 6.03 Å². The number of rotatable bonds is 3. The number of morpholine rings is 1. The maximum absolute atomic E-state index is 12.7. The molecule has 0 bridgehead atoms. The number of nitrogens with one attached hydrogen (secondary N) is 1. The van der Waals surface area contributed by atoms with Crippen molar-refractivity contribution in [2.24, 2.45) is 0 Å². The quantitative estimate of drug-likeness (QED) is 0.749. The van der Waals surface area contributed by atoms with Crippen LogP contribution in [-0.4, -0.2) is 47.0 Å². The third-order valence-corrected chi connectivity index (χ3v) is 4.50. The van der Waals surface area contributed by atoms with E-state index in [0.29, 0.717) is 43.5 Å². The van der Waals surface area contributed by atoms with Crippen LogP contribution in [0.5, 0.6) is 0 Å². The highest BCUT2D eigenvalue weighted by molar-refractivity contribution is 5.97. The highest BCUT2D eigenvalue weighted by atomic mass is 16.5. The normalized spacial score (nSPS) is 14.1. The van der Waals surface area contributed by atoms with E-state index in [0.717, 1.165) is 11.3 Å². The summed E-state index contributed by atoms with van der Waals surface area (Å²) in [6.45, 7) is 2.19. The van der Waals surface area contributed by atoms with Gasteiger partial charge in [-0.1, -0.05) is 48.5 Å². The summed E-state index contributed by atoms with van der Waals surface area (Å²) in [7, 11) is 0. The van der Waals surface area contributed by atoms with E-state index in [9.17, 15) is 4.79 Å². The fraction of sp³-hybridized carbons (Fsp3) is 0.200. The molecule has 1 aliphatic heterocycles. The molecule has 27 heavy (non-hydrogen) atoms. The van der Waals surface area contributed by atoms with Gasteiger partial charge in [-0.15, -0.1) is 0 Å². The minimum atomic E-state index is -0.199. The molecule has 7 nitrogen and oxygen atoms in total. The Morgan fingerprint density at radius 3 is 2.30 bits per heavy atom. The molecule has 1 saturated heterocycles. The molecule has 4 rings (SSSR count). The second-order valence-electron chi connectivity index (χ2n) is 6.25. The molecule has 1 aliphatic rings. The fourth-order valence-corrected chi connectivity index (χ4v) is 3.07. The molecule has 3 N–H and O–H groups in total. The number of nitrogens with zero attached hydrogens (tertiary/aromatic N) is 3. The molecule has 3 aromatic rings. The molecule has 0 unspecified atom stereocenters. The van der Waals surface area contributed by atoms with E-state index in [4.69, 9.17) is 10.5 Å². The monoisotopic (exact) mass is 363 g/mol. The van der Waals surface area contributed by atoms with Crippen LogP contribution in [-0.2, 0) is 4.74 Å². The number of carbonyl (C=O) groups excluding carboxylic acids is 1. The minimum Gasteiger partial charge on any atom is -0.382 e. The van der Waals surface area contributed by atoms with E-state index in [1.54, 1.807) is 9.58 Å². The molecule has 0 spiro atoms. The van der Waals surface area contributed by atoms with E-state index >= 15 is 0 Å². The molecule has 1 aromatic heterocycles. The van der Waals surface area contributed by atoms with Crippen molar-refractivity contribution < 1.29 is 9.53 Å². The number of hydrogen-bond acceptors (Lipinski definition) is 4. The number of anilines is 2. The third-order valence-electron chi connectivity index (χ3n) is 4.50. The summed E-state index contributed by atoms with van der Waals surface area (Å²) in [6.07, 6.45) is 0. The Balaban J connectivity index is 1.74. The van der Waals surface area contributed by atoms with Crippen molar-refractivity contribution >= 4 is 17.5 Å². The summed E-state index contributed by atoms with van der Waals surface area (Å²) in [5, 5.41) is 7.64. The van der Waals surface area contributed by atoms with Gasteiger partial charge in [-0.25, -0.2) is 9.48 Å². The topological polar surface area (TPSA) is 85.4 Å². The summed E-state index contributed by atoms with van der Waals surface area (Å²) in [6, 6.07) is 19.1. The number of aromatic nitrogens is 2. The van der Waals surface area contributed by atoms with Crippen molar-refractivity contribution in [3.63, 3.8) is 0 Å². The number of benzene rings is 2. The van der Waals surface area contributed by atoms with Gasteiger partial charge in [-0.3, -0.25) is 0 Å². The summed E-state index contributed by atoms with van der Waals surface area (Å²) in [5.74, 6) is 0.390. The van der Waals surface area contributed by atoms with Gasteiger partial charge in [0.25, 0.3) is 0 Å². The van der Waals surface area contributed by atoms with Crippen LogP contribution in [0.25, 0.3) is 16.9 Å². The summed E-state index contributed by atoms with van der Waals surface area (Å²) >= 11 is 0. The standard InChI is InChI=1S/C20H21N5O2/c21-19-18(22-20(26)24-11-13-27-14-12-24)17(15-7-3-1-4-8-15)23-25(19)16-9-5-2-6-10-16/h1-10H,11-14,21H2,(H,22,26). The summed E-state index contributed by atoms with van der Waals surface area (Å²) in [4.78, 5) is 14.4. The van der Waals surface area contributed by atoms with Crippen molar-refractivity contribution in [3.8, 4) is 16.9 Å². The summed E-state index contributed by atoms with van der Waals surface area (Å²) < 4.78 is 6.97. The molecule has 0 atom stereocenters. The van der Waals surface area contributed by atoms with Crippen LogP contribution in [0.3, 0.4) is 0 Å². The van der Waals surface area contributed by atoms with E-state index in [2.05, 4.69) is 10.4 Å². The molecule has 0 saturated carbocycles. The number of ether oxygens (including phenoxy) is 1. The zero-order valence-corrected chi connectivity index (χ0v) is 14.8. The molecule has 0 radical (unpaired) electrons. The van der Waals surface area contributed by atoms with Crippen LogP contribution in [0.15, 0.2) is 60.7 Å². The molecule has 2 aromatic carbocycles. The van der Waals surface area contributed by atoms with Gasteiger partial charge >= 0.3 is 6.03 Å². The number of carbonyl (C=O) groups is 1. The van der Waals surface area contributed by atoms with Crippen LogP contribution in [0, 0.1) is 0 Å². The Morgan fingerprint density at radius 2 is 1.63 bits per heavy atom. The highest BCUT2D eigenvalue weighted by Gasteiger charge is 2.23. The molecule has 0 aliphatic carbocycles. The largest absolute Gasteiger partial charge is 0.382 e. The average Bonchev–Trinajstić information content (AvgIpc) is 3.06. The van der Waals surface area contributed by atoms with Crippen LogP contribution >= 0.6 is 0 Å². The van der Waals surface area contributed by atoms with Crippen LogP contribution in [0.4, 0.5) is 16.3 Å². The molecular formula is C20H21N5O2. The van der Waals surface area contributed by atoms with Gasteiger partial charge in [-0.2, -0.15) is 5.10 Å². The number of amides is 2. The smallest absolute Gasteiger partial charge is 0.322 e. The summed E-state index contributed by atoms with van der Waals surface area (Å²) in [5.41, 5.74) is 9.26. The van der Waals surface area contributed by atoms with Gasteiger partial charge < -0.3 is 20.7 Å². The first-order chi connectivity index (χ1) is 13.2. The molecule has 7 heteroatoms. The van der Waals surface area contributed by atoms with Crippen molar-refractivity contribution in [2.45, 2.75) is 0 Å². The SMILES string of the molecule is Nc1c(NC(=O)N2CCOCC2)c(-c2ccccc2)nn1-c1ccccc1. The lowest BCUT2D eigenvalue weighted by molar-refractivity contribution is 0.0565. The lowest BCUT2D eigenvalue weighted by Crippen LogP contribution is -2.43. The van der Waals surface area contributed by atoms with Gasteiger partial charge in [0, 0.05) is 18.7 Å². The number of para-hydroxylation sites is 1. The molecular weight excluding hydrogens is 342 g/mol. The first kappa shape index (κ1) is 17.1. The predicted molar refractivity (Wildman–Crippen MR) is 105 cm³/mol. The second-order valence-corrected chi connectivity index (χ2v) is 6.25. The Labute approximate surface area is 157 Å². The predicted octanol–water partition coefficient (Wildman–Crippen LogP) is 2.99. The Hall–Kier alpha value is -3.32. The Kier molecular flexibility index (Phi) is 4.76.